The molecule has 0 unspecified atom stereocenters. The third-order valence-corrected chi connectivity index (χ3v) is 3.85. The molecule has 0 aliphatic rings. The van der Waals surface area contributed by atoms with E-state index in [2.05, 4.69) is 10.6 Å². The molecule has 3 N–H and O–H groups in total. The van der Waals surface area contributed by atoms with Gasteiger partial charge in [-0.15, -0.1) is 0 Å². The van der Waals surface area contributed by atoms with Crippen LogP contribution >= 0.6 is 0 Å². The van der Waals surface area contributed by atoms with E-state index >= 15 is 0 Å². The van der Waals surface area contributed by atoms with Gasteiger partial charge in [-0.05, 0) is 42.0 Å². The monoisotopic (exact) mass is 346 g/mol. The number of hydrogen-bond donors (Lipinski definition) is 3. The lowest BCUT2D eigenvalue weighted by molar-refractivity contribution is 0.0950. The van der Waals surface area contributed by atoms with Gasteiger partial charge in [0.25, 0.3) is 11.8 Å². The zero-order chi connectivity index (χ0) is 18.4. The first-order valence-electron chi connectivity index (χ1n) is 8.15. The SMILES string of the molecule is O=C(NCc1ccccc1)c1ccc(NC(=O)c2ccccc2O)cc1. The van der Waals surface area contributed by atoms with E-state index in [0.717, 1.165) is 5.56 Å². The first-order valence-corrected chi connectivity index (χ1v) is 8.15. The van der Waals surface area contributed by atoms with E-state index in [1.54, 1.807) is 36.4 Å². The summed E-state index contributed by atoms with van der Waals surface area (Å²) < 4.78 is 0. The van der Waals surface area contributed by atoms with Gasteiger partial charge in [-0.1, -0.05) is 42.5 Å². The molecule has 5 nitrogen and oxygen atoms in total. The summed E-state index contributed by atoms with van der Waals surface area (Å²) in [6.07, 6.45) is 0. The van der Waals surface area contributed by atoms with Crippen molar-refractivity contribution in [3.8, 4) is 5.75 Å². The van der Waals surface area contributed by atoms with Gasteiger partial charge in [0.15, 0.2) is 0 Å². The summed E-state index contributed by atoms with van der Waals surface area (Å²) in [5.41, 5.74) is 2.25. The molecule has 0 heterocycles. The molecule has 0 spiro atoms. The average Bonchev–Trinajstić information content (AvgIpc) is 2.68. The number of rotatable bonds is 5. The fraction of sp³-hybridized carbons (Fsp3) is 0.0476. The number of carbonyl (C=O) groups excluding carboxylic acids is 2. The number of anilines is 1. The Kier molecular flexibility index (Phi) is 5.29. The van der Waals surface area contributed by atoms with Gasteiger partial charge in [0, 0.05) is 17.8 Å². The van der Waals surface area contributed by atoms with Gasteiger partial charge < -0.3 is 15.7 Å². The van der Waals surface area contributed by atoms with Crippen LogP contribution in [0.3, 0.4) is 0 Å². The van der Waals surface area contributed by atoms with Gasteiger partial charge in [-0.2, -0.15) is 0 Å². The zero-order valence-corrected chi connectivity index (χ0v) is 14.0. The van der Waals surface area contributed by atoms with Crippen LogP contribution in [0.5, 0.6) is 5.75 Å². The number of para-hydroxylation sites is 1. The van der Waals surface area contributed by atoms with Crippen LogP contribution in [0.2, 0.25) is 0 Å². The Morgan fingerprint density at radius 2 is 1.42 bits per heavy atom. The maximum absolute atomic E-state index is 12.2. The van der Waals surface area contributed by atoms with Crippen LogP contribution < -0.4 is 10.6 Å². The van der Waals surface area contributed by atoms with Crippen LogP contribution in [0.25, 0.3) is 0 Å². The predicted octanol–water partition coefficient (Wildman–Crippen LogP) is 3.57. The fourth-order valence-electron chi connectivity index (χ4n) is 2.45. The molecule has 0 saturated heterocycles. The lowest BCUT2D eigenvalue weighted by atomic mass is 10.1. The van der Waals surface area contributed by atoms with E-state index < -0.39 is 5.91 Å². The van der Waals surface area contributed by atoms with Gasteiger partial charge in [-0.3, -0.25) is 9.59 Å². The Balaban J connectivity index is 1.60. The normalized spacial score (nSPS) is 10.2. The van der Waals surface area contributed by atoms with Crippen molar-refractivity contribution < 1.29 is 14.7 Å². The number of phenolic OH excluding ortho intramolecular Hbond substituents is 1. The Morgan fingerprint density at radius 1 is 0.769 bits per heavy atom. The molecule has 130 valence electrons. The number of benzene rings is 3. The second-order valence-corrected chi connectivity index (χ2v) is 5.72. The van der Waals surface area contributed by atoms with E-state index in [4.69, 9.17) is 0 Å². The highest BCUT2D eigenvalue weighted by Gasteiger charge is 2.11. The number of carbonyl (C=O) groups is 2. The van der Waals surface area contributed by atoms with Crippen molar-refractivity contribution in [1.82, 2.24) is 5.32 Å². The van der Waals surface area contributed by atoms with Crippen LogP contribution in [-0.2, 0) is 6.54 Å². The lowest BCUT2D eigenvalue weighted by Gasteiger charge is -2.08. The van der Waals surface area contributed by atoms with E-state index in [1.165, 1.54) is 12.1 Å². The topological polar surface area (TPSA) is 78.4 Å². The molecule has 2 amide bonds. The molecule has 5 heteroatoms. The maximum Gasteiger partial charge on any atom is 0.259 e. The summed E-state index contributed by atoms with van der Waals surface area (Å²) >= 11 is 0. The van der Waals surface area contributed by atoms with Gasteiger partial charge in [-0.25, -0.2) is 0 Å². The number of phenols is 1. The van der Waals surface area contributed by atoms with Crippen molar-refractivity contribution in [2.75, 3.05) is 5.32 Å². The minimum atomic E-state index is -0.413. The lowest BCUT2D eigenvalue weighted by Crippen LogP contribution is -2.22. The van der Waals surface area contributed by atoms with E-state index in [1.807, 2.05) is 30.3 Å². The molecule has 0 fully saturated rings. The quantitative estimate of drug-likeness (QED) is 0.661. The highest BCUT2D eigenvalue weighted by molar-refractivity contribution is 6.06. The number of hydrogen-bond acceptors (Lipinski definition) is 3. The van der Waals surface area contributed by atoms with Crippen molar-refractivity contribution >= 4 is 17.5 Å². The molecule has 26 heavy (non-hydrogen) atoms. The first kappa shape index (κ1) is 17.2. The second kappa shape index (κ2) is 7.98. The average molecular weight is 346 g/mol. The van der Waals surface area contributed by atoms with Gasteiger partial charge in [0.1, 0.15) is 5.75 Å². The van der Waals surface area contributed by atoms with Crippen LogP contribution in [0.15, 0.2) is 78.9 Å². The smallest absolute Gasteiger partial charge is 0.259 e. The van der Waals surface area contributed by atoms with E-state index in [0.29, 0.717) is 17.8 Å². The summed E-state index contributed by atoms with van der Waals surface area (Å²) in [6, 6.07) is 22.5. The van der Waals surface area contributed by atoms with Crippen molar-refractivity contribution in [2.45, 2.75) is 6.54 Å². The molecular formula is C21H18N2O3. The van der Waals surface area contributed by atoms with Gasteiger partial charge in [0.2, 0.25) is 0 Å². The molecule has 3 rings (SSSR count). The van der Waals surface area contributed by atoms with E-state index in [9.17, 15) is 14.7 Å². The third kappa shape index (κ3) is 4.27. The molecule has 0 aliphatic heterocycles. The molecule has 0 bridgehead atoms. The minimum Gasteiger partial charge on any atom is -0.507 e. The number of aromatic hydroxyl groups is 1. The van der Waals surface area contributed by atoms with Crippen molar-refractivity contribution in [3.63, 3.8) is 0 Å². The first-order chi connectivity index (χ1) is 12.6. The molecule has 3 aromatic carbocycles. The molecule has 0 aromatic heterocycles. The fourth-order valence-corrected chi connectivity index (χ4v) is 2.45. The van der Waals surface area contributed by atoms with Crippen LogP contribution in [-0.4, -0.2) is 16.9 Å². The summed E-state index contributed by atoms with van der Waals surface area (Å²) in [5.74, 6) is -0.682. The Morgan fingerprint density at radius 3 is 2.12 bits per heavy atom. The molecule has 3 aromatic rings. The van der Waals surface area contributed by atoms with Crippen LogP contribution in [0.1, 0.15) is 26.3 Å². The molecule has 0 saturated carbocycles. The standard InChI is InChI=1S/C21H18N2O3/c24-19-9-5-4-8-18(19)21(26)23-17-12-10-16(11-13-17)20(25)22-14-15-6-2-1-3-7-15/h1-13,24H,14H2,(H,22,25)(H,23,26). The minimum absolute atomic E-state index is 0.0816. The number of nitrogens with one attached hydrogen (secondary N) is 2. The Hall–Kier alpha value is -3.60. The second-order valence-electron chi connectivity index (χ2n) is 5.72. The maximum atomic E-state index is 12.2. The van der Waals surface area contributed by atoms with Gasteiger partial charge >= 0.3 is 0 Å². The third-order valence-electron chi connectivity index (χ3n) is 3.85. The molecule has 0 radical (unpaired) electrons. The molecule has 0 aliphatic carbocycles. The summed E-state index contributed by atoms with van der Waals surface area (Å²) in [7, 11) is 0. The van der Waals surface area contributed by atoms with Crippen molar-refractivity contribution in [3.05, 3.63) is 95.6 Å². The van der Waals surface area contributed by atoms with E-state index in [-0.39, 0.29) is 17.2 Å². The predicted molar refractivity (Wildman–Crippen MR) is 100 cm³/mol. The van der Waals surface area contributed by atoms with Crippen molar-refractivity contribution in [2.24, 2.45) is 0 Å². The highest BCUT2D eigenvalue weighted by Crippen LogP contribution is 2.18. The zero-order valence-electron chi connectivity index (χ0n) is 14.0. The molecular weight excluding hydrogens is 328 g/mol. The van der Waals surface area contributed by atoms with Gasteiger partial charge in [0.05, 0.1) is 5.56 Å². The summed E-state index contributed by atoms with van der Waals surface area (Å²) in [4.78, 5) is 24.3. The summed E-state index contributed by atoms with van der Waals surface area (Å²) in [5, 5.41) is 15.3. The largest absolute Gasteiger partial charge is 0.507 e. The van der Waals surface area contributed by atoms with Crippen LogP contribution in [0.4, 0.5) is 5.69 Å². The van der Waals surface area contributed by atoms with Crippen molar-refractivity contribution in [1.29, 1.82) is 0 Å². The van der Waals surface area contributed by atoms with Crippen LogP contribution in [0, 0.1) is 0 Å². The molecule has 0 atom stereocenters. The Labute approximate surface area is 151 Å². The number of amides is 2. The Bertz CT molecular complexity index is 906. The summed E-state index contributed by atoms with van der Waals surface area (Å²) in [6.45, 7) is 0.450. The highest BCUT2D eigenvalue weighted by atomic mass is 16.3.